The average Bonchev–Trinajstić information content (AvgIpc) is 3.38. The van der Waals surface area contributed by atoms with Crippen LogP contribution in [0, 0.1) is 0 Å². The van der Waals surface area contributed by atoms with Crippen LogP contribution in [0.25, 0.3) is 0 Å². The summed E-state index contributed by atoms with van der Waals surface area (Å²) in [7, 11) is -5.08. The third-order valence-corrected chi connectivity index (χ3v) is 12.5. The molecule has 0 amide bonds. The van der Waals surface area contributed by atoms with Gasteiger partial charge in [0.25, 0.3) is 0 Å². The highest BCUT2D eigenvalue weighted by Crippen LogP contribution is 2.26. The van der Waals surface area contributed by atoms with Crippen molar-refractivity contribution >= 4 is 16.4 Å². The average molecular weight is 1060 g/mol. The van der Waals surface area contributed by atoms with Gasteiger partial charge in [0.15, 0.2) is 6.29 Å². The van der Waals surface area contributed by atoms with Crippen molar-refractivity contribution in [3.63, 3.8) is 0 Å². The molecule has 1 heterocycles. The zero-order valence-corrected chi connectivity index (χ0v) is 46.4. The molecule has 0 saturated carbocycles. The number of aliphatic hydroxyl groups is 3. The topological polar surface area (TPSA) is 178 Å². The fourth-order valence-corrected chi connectivity index (χ4v) is 8.41. The molecule has 13 heteroatoms. The SMILES string of the molecule is CC/C=C\C/C=C\C/C=C\C/C=C\C/C=C\CCCCCCCCCCCC(=O)OC(COCCCCCCCC/C=C\C/C=C\C/C=C\C/C=C\C/C=C\CC)COC1OC(CO)C(O)C(OS(=O)(=O)O)C1O. The number of hydrogen-bond acceptors (Lipinski definition) is 11. The maximum absolute atomic E-state index is 13.0. The summed E-state index contributed by atoms with van der Waals surface area (Å²) in [5.74, 6) is -0.416. The second-order valence-electron chi connectivity index (χ2n) is 18.8. The lowest BCUT2D eigenvalue weighted by Gasteiger charge is -2.41. The van der Waals surface area contributed by atoms with Crippen molar-refractivity contribution in [1.82, 2.24) is 0 Å². The van der Waals surface area contributed by atoms with Crippen LogP contribution in [0.2, 0.25) is 0 Å². The third-order valence-electron chi connectivity index (χ3n) is 12.1. The van der Waals surface area contributed by atoms with Crippen LogP contribution in [0.4, 0.5) is 0 Å². The van der Waals surface area contributed by atoms with E-state index in [2.05, 4.69) is 140 Å². The molecule has 1 rings (SSSR count). The van der Waals surface area contributed by atoms with Gasteiger partial charge in [-0.25, -0.2) is 4.18 Å². The van der Waals surface area contributed by atoms with Gasteiger partial charge in [0, 0.05) is 13.0 Å². The largest absolute Gasteiger partial charge is 0.457 e. The molecule has 74 heavy (non-hydrogen) atoms. The van der Waals surface area contributed by atoms with Crippen molar-refractivity contribution in [3.8, 4) is 0 Å². The van der Waals surface area contributed by atoms with Crippen molar-refractivity contribution < 1.29 is 56.2 Å². The summed E-state index contributed by atoms with van der Waals surface area (Å²) < 4.78 is 59.4. The number of allylic oxidation sites excluding steroid dienone is 20. The first kappa shape index (κ1) is 68.5. The van der Waals surface area contributed by atoms with E-state index in [1.165, 1.54) is 32.1 Å². The van der Waals surface area contributed by atoms with E-state index in [1.54, 1.807) is 0 Å². The predicted molar refractivity (Wildman–Crippen MR) is 303 cm³/mol. The van der Waals surface area contributed by atoms with Crippen molar-refractivity contribution in [1.29, 1.82) is 0 Å². The van der Waals surface area contributed by atoms with Gasteiger partial charge in [0.05, 0.1) is 19.8 Å². The first-order valence-corrected chi connectivity index (χ1v) is 29.7. The Hall–Kier alpha value is -3.50. The zero-order chi connectivity index (χ0) is 53.8. The van der Waals surface area contributed by atoms with E-state index < -0.39 is 59.8 Å². The first-order valence-electron chi connectivity index (χ1n) is 28.3. The van der Waals surface area contributed by atoms with Crippen LogP contribution in [0.3, 0.4) is 0 Å². The van der Waals surface area contributed by atoms with E-state index in [-0.39, 0.29) is 19.6 Å². The van der Waals surface area contributed by atoms with Gasteiger partial charge >= 0.3 is 16.4 Å². The van der Waals surface area contributed by atoms with E-state index in [0.717, 1.165) is 135 Å². The second kappa shape index (κ2) is 50.3. The molecule has 0 spiro atoms. The number of aliphatic hydroxyl groups excluding tert-OH is 3. The Balaban J connectivity index is 2.34. The molecule has 6 unspecified atom stereocenters. The molecule has 4 N–H and O–H groups in total. The van der Waals surface area contributed by atoms with Gasteiger partial charge in [-0.05, 0) is 103 Å². The van der Waals surface area contributed by atoms with Gasteiger partial charge in [-0.2, -0.15) is 8.42 Å². The maximum atomic E-state index is 13.0. The summed E-state index contributed by atoms with van der Waals surface area (Å²) in [4.78, 5) is 13.0. The number of unbranched alkanes of at least 4 members (excludes halogenated alkanes) is 15. The Bertz CT molecular complexity index is 1740. The summed E-state index contributed by atoms with van der Waals surface area (Å²) in [5.41, 5.74) is 0. The van der Waals surface area contributed by atoms with Crippen molar-refractivity contribution in [2.75, 3.05) is 26.4 Å². The molecule has 0 bridgehead atoms. The molecule has 1 saturated heterocycles. The van der Waals surface area contributed by atoms with Gasteiger partial charge < -0.3 is 34.3 Å². The zero-order valence-electron chi connectivity index (χ0n) is 45.6. The van der Waals surface area contributed by atoms with Crippen LogP contribution in [-0.2, 0) is 38.3 Å². The highest BCUT2D eigenvalue weighted by atomic mass is 32.3. The Morgan fingerprint density at radius 3 is 1.30 bits per heavy atom. The molecule has 6 atom stereocenters. The fourth-order valence-electron chi connectivity index (χ4n) is 7.90. The number of rotatable bonds is 48. The van der Waals surface area contributed by atoms with Crippen LogP contribution < -0.4 is 0 Å². The number of ether oxygens (including phenoxy) is 4. The lowest BCUT2D eigenvalue weighted by Crippen LogP contribution is -2.60. The smallest absolute Gasteiger partial charge is 0.397 e. The number of hydrogen-bond donors (Lipinski definition) is 4. The van der Waals surface area contributed by atoms with E-state index in [4.69, 9.17) is 18.9 Å². The molecule has 12 nitrogen and oxygen atoms in total. The monoisotopic (exact) mass is 1060 g/mol. The van der Waals surface area contributed by atoms with Gasteiger partial charge in [-0.1, -0.05) is 206 Å². The van der Waals surface area contributed by atoms with Crippen LogP contribution in [0.15, 0.2) is 122 Å². The second-order valence-corrected chi connectivity index (χ2v) is 19.8. The summed E-state index contributed by atoms with van der Waals surface area (Å²) in [6, 6.07) is 0. The first-order chi connectivity index (χ1) is 36.1. The van der Waals surface area contributed by atoms with Crippen LogP contribution in [0.5, 0.6) is 0 Å². The summed E-state index contributed by atoms with van der Waals surface area (Å²) in [6.45, 7) is 3.72. The van der Waals surface area contributed by atoms with Gasteiger partial charge in [-0.15, -0.1) is 0 Å². The Morgan fingerprint density at radius 2 is 0.892 bits per heavy atom. The predicted octanol–water partition coefficient (Wildman–Crippen LogP) is 14.1. The highest BCUT2D eigenvalue weighted by Gasteiger charge is 2.48. The summed E-state index contributed by atoms with van der Waals surface area (Å²) >= 11 is 0. The molecular weight excluding hydrogens is 957 g/mol. The molecule has 422 valence electrons. The molecule has 0 radical (unpaired) electrons. The minimum absolute atomic E-state index is 0.0150. The Labute approximate surface area is 449 Å². The third kappa shape index (κ3) is 42.7. The quantitative estimate of drug-likeness (QED) is 0.0196. The van der Waals surface area contributed by atoms with Crippen molar-refractivity contribution in [2.45, 2.75) is 230 Å². The molecule has 1 aliphatic heterocycles. The van der Waals surface area contributed by atoms with E-state index in [1.807, 2.05) is 0 Å². The lowest BCUT2D eigenvalue weighted by molar-refractivity contribution is -0.301. The minimum Gasteiger partial charge on any atom is -0.457 e. The lowest BCUT2D eigenvalue weighted by atomic mass is 9.99. The molecule has 0 aromatic heterocycles. The van der Waals surface area contributed by atoms with Crippen molar-refractivity contribution in [3.05, 3.63) is 122 Å². The highest BCUT2D eigenvalue weighted by molar-refractivity contribution is 7.80. The molecule has 0 aromatic rings. The molecule has 1 aliphatic rings. The van der Waals surface area contributed by atoms with Crippen LogP contribution in [-0.4, -0.2) is 97.5 Å². The summed E-state index contributed by atoms with van der Waals surface area (Å²) in [6.07, 6.45) is 63.6. The number of carbonyl (C=O) groups excluding carboxylic acids is 1. The Morgan fingerprint density at radius 1 is 0.514 bits per heavy atom. The van der Waals surface area contributed by atoms with Crippen molar-refractivity contribution in [2.24, 2.45) is 0 Å². The van der Waals surface area contributed by atoms with Gasteiger partial charge in [-0.3, -0.25) is 9.35 Å². The van der Waals surface area contributed by atoms with E-state index in [9.17, 15) is 33.1 Å². The molecule has 0 aliphatic carbocycles. The molecule has 1 fully saturated rings. The van der Waals surface area contributed by atoms with Crippen LogP contribution in [0.1, 0.15) is 194 Å². The van der Waals surface area contributed by atoms with Gasteiger partial charge in [0.2, 0.25) is 0 Å². The fraction of sp³-hybridized carbons (Fsp3) is 0.656. The number of carbonyl (C=O) groups is 1. The normalized spacial score (nSPS) is 19.7. The van der Waals surface area contributed by atoms with E-state index >= 15 is 0 Å². The van der Waals surface area contributed by atoms with Gasteiger partial charge in [0.1, 0.15) is 30.5 Å². The molecule has 0 aromatic carbocycles. The number of esters is 1. The maximum Gasteiger partial charge on any atom is 0.397 e. The summed E-state index contributed by atoms with van der Waals surface area (Å²) in [5, 5.41) is 30.8. The molecular formula is C61H100O12S. The Kier molecular flexibility index (Phi) is 46.6. The van der Waals surface area contributed by atoms with E-state index in [0.29, 0.717) is 13.0 Å². The van der Waals surface area contributed by atoms with Crippen LogP contribution >= 0.6 is 0 Å². The standard InChI is InChI=1S/C61H100O12S/c1-3-5-7-9-11-13-15-17-19-21-23-25-27-28-29-30-32-34-36-38-40-42-44-46-48-50-57(63)71-55(54-70-61-59(65)60(73-74(66,67)68)58(64)56(52-62)72-61)53-69-51-49-47-45-43-41-39-37-35-33-31-26-24-22-20-18-16-14-12-10-8-6-4-2/h5-8,11-14,17-20,23-26,28-29,33,35,55-56,58-62,64-65H,3-4,9-10,15-16,21-22,27,30-32,34,36-54H2,1-2H3,(H,66,67,68)/b7-5-,8-6-,13-11-,14-12-,19-17-,20-18-,25-23-,26-24-,29-28-,35-33-. The minimum atomic E-state index is -5.08.